The highest BCUT2D eigenvalue weighted by Gasteiger charge is 2.07. The highest BCUT2D eigenvalue weighted by Crippen LogP contribution is 2.07. The van der Waals surface area contributed by atoms with E-state index in [-0.39, 0.29) is 6.10 Å². The maximum atomic E-state index is 9.37. The second-order valence-electron chi connectivity index (χ2n) is 3.15. The second-order valence-corrected chi connectivity index (χ2v) is 3.15. The summed E-state index contributed by atoms with van der Waals surface area (Å²) < 4.78 is 5.15. The van der Waals surface area contributed by atoms with Gasteiger partial charge in [0.2, 0.25) is 0 Å². The molecule has 0 aromatic carbocycles. The summed E-state index contributed by atoms with van der Waals surface area (Å²) in [5, 5.41) is 9.37. The van der Waals surface area contributed by atoms with Gasteiger partial charge in [-0.25, -0.2) is 0 Å². The predicted molar refractivity (Wildman–Crippen MR) is 46.6 cm³/mol. The van der Waals surface area contributed by atoms with Crippen molar-refractivity contribution in [3.05, 3.63) is 0 Å². The largest absolute Gasteiger partial charge is 0.393 e. The van der Waals surface area contributed by atoms with Crippen molar-refractivity contribution >= 4 is 0 Å². The molecule has 0 aliphatic heterocycles. The van der Waals surface area contributed by atoms with Crippen molar-refractivity contribution < 1.29 is 9.84 Å². The molecule has 0 bridgehead atoms. The predicted octanol–water partition coefficient (Wildman–Crippen LogP) is 1.82. The minimum absolute atomic E-state index is 0.157. The van der Waals surface area contributed by atoms with Crippen LogP contribution < -0.4 is 0 Å². The van der Waals surface area contributed by atoms with Gasteiger partial charge >= 0.3 is 0 Å². The van der Waals surface area contributed by atoms with E-state index in [1.54, 1.807) is 0 Å². The molecule has 0 aliphatic rings. The van der Waals surface area contributed by atoms with Crippen LogP contribution in [0.4, 0.5) is 0 Å². The molecule has 1 unspecified atom stereocenters. The first-order chi connectivity index (χ1) is 5.18. The standard InChI is InChI=1S/C9H20O2/c1-4-11-7-5-6-9(10)8(2)3/h8-10H,4-7H2,1-3H3. The molecule has 0 rings (SSSR count). The summed E-state index contributed by atoms with van der Waals surface area (Å²) in [5.74, 6) is 0.372. The van der Waals surface area contributed by atoms with E-state index in [0.29, 0.717) is 5.92 Å². The van der Waals surface area contributed by atoms with E-state index in [0.717, 1.165) is 26.1 Å². The summed E-state index contributed by atoms with van der Waals surface area (Å²) >= 11 is 0. The lowest BCUT2D eigenvalue weighted by atomic mass is 10.0. The van der Waals surface area contributed by atoms with Crippen LogP contribution in [0.1, 0.15) is 33.6 Å². The van der Waals surface area contributed by atoms with Crippen molar-refractivity contribution in [2.45, 2.75) is 39.7 Å². The Balaban J connectivity index is 3.10. The molecule has 0 heterocycles. The SMILES string of the molecule is CCOCCCC(O)C(C)C. The highest BCUT2D eigenvalue weighted by atomic mass is 16.5. The number of hydrogen-bond acceptors (Lipinski definition) is 2. The van der Waals surface area contributed by atoms with Crippen molar-refractivity contribution in [2.24, 2.45) is 5.92 Å². The van der Waals surface area contributed by atoms with E-state index >= 15 is 0 Å². The summed E-state index contributed by atoms with van der Waals surface area (Å²) in [4.78, 5) is 0. The van der Waals surface area contributed by atoms with Gasteiger partial charge in [-0.05, 0) is 25.7 Å². The Labute approximate surface area is 69.6 Å². The summed E-state index contributed by atoms with van der Waals surface area (Å²) in [5.41, 5.74) is 0. The van der Waals surface area contributed by atoms with E-state index in [4.69, 9.17) is 4.74 Å². The molecule has 0 radical (unpaired) electrons. The lowest BCUT2D eigenvalue weighted by Crippen LogP contribution is -2.15. The molecule has 0 amide bonds. The molecule has 0 aromatic rings. The Morgan fingerprint density at radius 1 is 1.36 bits per heavy atom. The van der Waals surface area contributed by atoms with E-state index in [1.165, 1.54) is 0 Å². The van der Waals surface area contributed by atoms with Crippen molar-refractivity contribution in [3.63, 3.8) is 0 Å². The van der Waals surface area contributed by atoms with E-state index in [1.807, 2.05) is 20.8 Å². The lowest BCUT2D eigenvalue weighted by molar-refractivity contribution is 0.0895. The van der Waals surface area contributed by atoms with E-state index in [2.05, 4.69) is 0 Å². The zero-order chi connectivity index (χ0) is 8.69. The van der Waals surface area contributed by atoms with Gasteiger partial charge < -0.3 is 9.84 Å². The highest BCUT2D eigenvalue weighted by molar-refractivity contribution is 4.58. The van der Waals surface area contributed by atoms with Gasteiger partial charge in [-0.1, -0.05) is 13.8 Å². The Morgan fingerprint density at radius 2 is 2.00 bits per heavy atom. The quantitative estimate of drug-likeness (QED) is 0.600. The van der Waals surface area contributed by atoms with Gasteiger partial charge in [0, 0.05) is 13.2 Å². The molecular weight excluding hydrogens is 140 g/mol. The van der Waals surface area contributed by atoms with E-state index in [9.17, 15) is 5.11 Å². The van der Waals surface area contributed by atoms with Gasteiger partial charge in [-0.15, -0.1) is 0 Å². The molecule has 0 aromatic heterocycles. The van der Waals surface area contributed by atoms with Crippen LogP contribution in [0.15, 0.2) is 0 Å². The van der Waals surface area contributed by atoms with Gasteiger partial charge in [0.15, 0.2) is 0 Å². The van der Waals surface area contributed by atoms with Crippen molar-refractivity contribution in [1.82, 2.24) is 0 Å². The summed E-state index contributed by atoms with van der Waals surface area (Å²) in [6.07, 6.45) is 1.67. The lowest BCUT2D eigenvalue weighted by Gasteiger charge is -2.13. The molecule has 11 heavy (non-hydrogen) atoms. The molecule has 0 saturated heterocycles. The van der Waals surface area contributed by atoms with Gasteiger partial charge in [0.25, 0.3) is 0 Å². The molecule has 1 atom stereocenters. The molecule has 0 aliphatic carbocycles. The zero-order valence-electron chi connectivity index (χ0n) is 7.84. The fourth-order valence-electron chi connectivity index (χ4n) is 0.872. The first kappa shape index (κ1) is 10.9. The van der Waals surface area contributed by atoms with Crippen LogP contribution >= 0.6 is 0 Å². The van der Waals surface area contributed by atoms with Gasteiger partial charge in [-0.3, -0.25) is 0 Å². The Hall–Kier alpha value is -0.0800. The summed E-state index contributed by atoms with van der Waals surface area (Å²) in [6.45, 7) is 7.60. The molecule has 0 saturated carbocycles. The van der Waals surface area contributed by atoms with Crippen molar-refractivity contribution in [1.29, 1.82) is 0 Å². The van der Waals surface area contributed by atoms with Gasteiger partial charge in [0.1, 0.15) is 0 Å². The van der Waals surface area contributed by atoms with Crippen LogP contribution in [0.5, 0.6) is 0 Å². The number of ether oxygens (including phenoxy) is 1. The minimum atomic E-state index is -0.157. The van der Waals surface area contributed by atoms with Crippen LogP contribution in [0, 0.1) is 5.92 Å². The molecular formula is C9H20O2. The average Bonchev–Trinajstić information content (AvgIpc) is 1.97. The van der Waals surface area contributed by atoms with Crippen LogP contribution in [-0.4, -0.2) is 24.4 Å². The fourth-order valence-corrected chi connectivity index (χ4v) is 0.872. The smallest absolute Gasteiger partial charge is 0.0564 e. The fraction of sp³-hybridized carbons (Fsp3) is 1.00. The Morgan fingerprint density at radius 3 is 2.45 bits per heavy atom. The Bertz CT molecular complexity index is 81.6. The zero-order valence-corrected chi connectivity index (χ0v) is 7.84. The third-order valence-corrected chi connectivity index (χ3v) is 1.76. The molecule has 0 spiro atoms. The number of aliphatic hydroxyl groups excluding tert-OH is 1. The summed E-state index contributed by atoms with van der Waals surface area (Å²) in [6, 6.07) is 0. The first-order valence-electron chi connectivity index (χ1n) is 4.44. The van der Waals surface area contributed by atoms with Crippen LogP contribution in [0.3, 0.4) is 0 Å². The molecule has 0 fully saturated rings. The van der Waals surface area contributed by atoms with Crippen LogP contribution in [0.2, 0.25) is 0 Å². The number of rotatable bonds is 6. The molecule has 2 heteroatoms. The van der Waals surface area contributed by atoms with Crippen LogP contribution in [-0.2, 0) is 4.74 Å². The monoisotopic (exact) mass is 160 g/mol. The Kier molecular flexibility index (Phi) is 6.57. The summed E-state index contributed by atoms with van der Waals surface area (Å²) in [7, 11) is 0. The van der Waals surface area contributed by atoms with E-state index < -0.39 is 0 Å². The molecule has 1 N–H and O–H groups in total. The topological polar surface area (TPSA) is 29.5 Å². The third-order valence-electron chi connectivity index (χ3n) is 1.76. The number of aliphatic hydroxyl groups is 1. The first-order valence-corrected chi connectivity index (χ1v) is 4.44. The maximum absolute atomic E-state index is 9.37. The normalized spacial score (nSPS) is 13.9. The minimum Gasteiger partial charge on any atom is -0.393 e. The van der Waals surface area contributed by atoms with Crippen molar-refractivity contribution in [3.8, 4) is 0 Å². The third kappa shape index (κ3) is 6.32. The molecule has 68 valence electrons. The molecule has 2 nitrogen and oxygen atoms in total. The van der Waals surface area contributed by atoms with Crippen molar-refractivity contribution in [2.75, 3.05) is 13.2 Å². The van der Waals surface area contributed by atoms with Gasteiger partial charge in [-0.2, -0.15) is 0 Å². The average molecular weight is 160 g/mol. The second kappa shape index (κ2) is 6.62. The number of hydrogen-bond donors (Lipinski definition) is 1. The van der Waals surface area contributed by atoms with Crippen LogP contribution in [0.25, 0.3) is 0 Å². The maximum Gasteiger partial charge on any atom is 0.0564 e. The van der Waals surface area contributed by atoms with Gasteiger partial charge in [0.05, 0.1) is 6.10 Å².